The average molecular weight is 332 g/mol. The lowest BCUT2D eigenvalue weighted by Crippen LogP contribution is -2.46. The first-order valence-electron chi connectivity index (χ1n) is 7.21. The van der Waals surface area contributed by atoms with Gasteiger partial charge in [-0.25, -0.2) is 4.79 Å². The van der Waals surface area contributed by atoms with Gasteiger partial charge in [0.15, 0.2) is 0 Å². The molecule has 0 aromatic carbocycles. The van der Waals surface area contributed by atoms with Gasteiger partial charge in [0.2, 0.25) is 0 Å². The van der Waals surface area contributed by atoms with Gasteiger partial charge in [0.05, 0.1) is 0 Å². The molecule has 128 valence electrons. The number of carbonyl (C=O) groups is 1. The molecular weight excluding hydrogens is 313 g/mol. The van der Waals surface area contributed by atoms with Gasteiger partial charge in [-0.15, -0.1) is 0 Å². The number of pyridine rings is 1. The number of hydrogen-bond acceptors (Lipinski definition) is 4. The first-order chi connectivity index (χ1) is 10.5. The van der Waals surface area contributed by atoms with Crippen LogP contribution in [0, 0.1) is 0 Å². The van der Waals surface area contributed by atoms with Crippen LogP contribution in [0.4, 0.5) is 18.0 Å². The fraction of sp³-hybridized carbons (Fsp3) is 0.600. The normalized spacial score (nSPS) is 21.3. The maximum atomic E-state index is 12.6. The first kappa shape index (κ1) is 17.4. The van der Waals surface area contributed by atoms with Crippen molar-refractivity contribution < 1.29 is 27.4 Å². The quantitative estimate of drug-likeness (QED) is 0.920. The summed E-state index contributed by atoms with van der Waals surface area (Å²) in [5, 5.41) is 2.67. The van der Waals surface area contributed by atoms with Gasteiger partial charge in [0.25, 0.3) is 0 Å². The van der Waals surface area contributed by atoms with Gasteiger partial charge >= 0.3 is 12.3 Å². The molecular formula is C15H19F3N2O3. The van der Waals surface area contributed by atoms with E-state index in [4.69, 9.17) is 9.47 Å². The van der Waals surface area contributed by atoms with E-state index in [2.05, 4.69) is 10.3 Å². The highest BCUT2D eigenvalue weighted by Crippen LogP contribution is 2.32. The van der Waals surface area contributed by atoms with Crippen molar-refractivity contribution in [1.82, 2.24) is 10.3 Å². The zero-order chi connectivity index (χ0) is 17.3. The van der Waals surface area contributed by atoms with Crippen LogP contribution in [0.5, 0.6) is 5.75 Å². The third-order valence-electron chi connectivity index (χ3n) is 3.13. The van der Waals surface area contributed by atoms with E-state index in [1.165, 1.54) is 6.07 Å². The Bertz CT molecular complexity index is 564. The van der Waals surface area contributed by atoms with Crippen LogP contribution in [0.15, 0.2) is 18.3 Å². The highest BCUT2D eigenvalue weighted by molar-refractivity contribution is 5.68. The highest BCUT2D eigenvalue weighted by Gasteiger charge is 2.36. The SMILES string of the molecule is CC(C)(C)NC(=O)OC1CC(Oc2ccnc(C(F)(F)F)c2)C1. The second-order valence-electron chi connectivity index (χ2n) is 6.49. The van der Waals surface area contributed by atoms with Crippen molar-refractivity contribution in [1.29, 1.82) is 0 Å². The standard InChI is InChI=1S/C15H19F3N2O3/c1-14(2,3)20-13(21)23-11-6-10(7-11)22-9-4-5-19-12(8-9)15(16,17)18/h4-5,8,10-11H,6-7H2,1-3H3,(H,20,21). The highest BCUT2D eigenvalue weighted by atomic mass is 19.4. The largest absolute Gasteiger partial charge is 0.490 e. The molecule has 0 saturated heterocycles. The zero-order valence-electron chi connectivity index (χ0n) is 13.1. The van der Waals surface area contributed by atoms with Crippen molar-refractivity contribution in [2.75, 3.05) is 0 Å². The topological polar surface area (TPSA) is 60.5 Å². The van der Waals surface area contributed by atoms with Crippen LogP contribution < -0.4 is 10.1 Å². The zero-order valence-corrected chi connectivity index (χ0v) is 13.1. The summed E-state index contributed by atoms with van der Waals surface area (Å²) >= 11 is 0. The Morgan fingerprint density at radius 2 is 1.91 bits per heavy atom. The van der Waals surface area contributed by atoms with Crippen molar-refractivity contribution in [2.45, 2.75) is 57.5 Å². The van der Waals surface area contributed by atoms with E-state index in [9.17, 15) is 18.0 Å². The van der Waals surface area contributed by atoms with Crippen molar-refractivity contribution >= 4 is 6.09 Å². The lowest BCUT2D eigenvalue weighted by atomic mass is 9.92. The molecule has 0 aliphatic heterocycles. The van der Waals surface area contributed by atoms with Crippen molar-refractivity contribution in [3.05, 3.63) is 24.0 Å². The lowest BCUT2D eigenvalue weighted by molar-refractivity contribution is -0.141. The summed E-state index contributed by atoms with van der Waals surface area (Å²) < 4.78 is 48.3. The molecule has 8 heteroatoms. The first-order valence-corrected chi connectivity index (χ1v) is 7.21. The van der Waals surface area contributed by atoms with Crippen LogP contribution in [-0.2, 0) is 10.9 Å². The van der Waals surface area contributed by atoms with Crippen LogP contribution in [0.1, 0.15) is 39.3 Å². The molecule has 1 aromatic heterocycles. The summed E-state index contributed by atoms with van der Waals surface area (Å²) in [7, 11) is 0. The molecule has 1 amide bonds. The van der Waals surface area contributed by atoms with Crippen LogP contribution in [-0.4, -0.2) is 28.8 Å². The van der Waals surface area contributed by atoms with Crippen molar-refractivity contribution in [3.8, 4) is 5.75 Å². The minimum atomic E-state index is -4.50. The lowest BCUT2D eigenvalue weighted by Gasteiger charge is -2.35. The Kier molecular flexibility index (Phi) is 4.72. The molecule has 1 N–H and O–H groups in total. The molecule has 5 nitrogen and oxygen atoms in total. The molecule has 1 aromatic rings. The minimum absolute atomic E-state index is 0.106. The van der Waals surface area contributed by atoms with Gasteiger partial charge in [-0.3, -0.25) is 4.98 Å². The predicted octanol–water partition coefficient (Wildman–Crippen LogP) is 3.53. The fourth-order valence-electron chi connectivity index (χ4n) is 2.03. The summed E-state index contributed by atoms with van der Waals surface area (Å²) in [6, 6.07) is 2.23. The van der Waals surface area contributed by atoms with Crippen LogP contribution in [0.3, 0.4) is 0 Å². The van der Waals surface area contributed by atoms with Gasteiger partial charge in [-0.1, -0.05) is 0 Å². The van der Waals surface area contributed by atoms with E-state index in [0.717, 1.165) is 12.3 Å². The molecule has 2 rings (SSSR count). The molecule has 0 atom stereocenters. The van der Waals surface area contributed by atoms with Gasteiger partial charge < -0.3 is 14.8 Å². The molecule has 0 bridgehead atoms. The third-order valence-corrected chi connectivity index (χ3v) is 3.13. The van der Waals surface area contributed by atoms with Gasteiger partial charge in [-0.2, -0.15) is 13.2 Å². The third kappa shape index (κ3) is 5.30. The number of ether oxygens (including phenoxy) is 2. The number of amides is 1. The van der Waals surface area contributed by atoms with Gasteiger partial charge in [0.1, 0.15) is 23.7 Å². The summed E-state index contributed by atoms with van der Waals surface area (Å²) in [5.41, 5.74) is -1.38. The number of hydrogen-bond donors (Lipinski definition) is 1. The Morgan fingerprint density at radius 1 is 1.26 bits per heavy atom. The van der Waals surface area contributed by atoms with Crippen LogP contribution >= 0.6 is 0 Å². The predicted molar refractivity (Wildman–Crippen MR) is 76.0 cm³/mol. The number of halogens is 3. The number of carbonyl (C=O) groups excluding carboxylic acids is 1. The maximum Gasteiger partial charge on any atom is 0.433 e. The molecule has 1 heterocycles. The molecule has 0 radical (unpaired) electrons. The maximum absolute atomic E-state index is 12.6. The van der Waals surface area contributed by atoms with Crippen molar-refractivity contribution in [3.63, 3.8) is 0 Å². The van der Waals surface area contributed by atoms with Gasteiger partial charge in [0, 0.05) is 30.6 Å². The van der Waals surface area contributed by atoms with E-state index >= 15 is 0 Å². The molecule has 0 unspecified atom stereocenters. The number of nitrogens with zero attached hydrogens (tertiary/aromatic N) is 1. The van der Waals surface area contributed by atoms with Crippen molar-refractivity contribution in [2.24, 2.45) is 0 Å². The smallest absolute Gasteiger partial charge is 0.433 e. The second kappa shape index (κ2) is 6.25. The summed E-state index contributed by atoms with van der Waals surface area (Å²) in [6.07, 6.45) is -3.62. The molecule has 1 aliphatic carbocycles. The molecule has 1 fully saturated rings. The number of aromatic nitrogens is 1. The van der Waals surface area contributed by atoms with E-state index in [1.807, 2.05) is 20.8 Å². The van der Waals surface area contributed by atoms with Crippen LogP contribution in [0.2, 0.25) is 0 Å². The summed E-state index contributed by atoms with van der Waals surface area (Å²) in [4.78, 5) is 14.8. The molecule has 1 aliphatic rings. The van der Waals surface area contributed by atoms with E-state index in [0.29, 0.717) is 12.8 Å². The summed E-state index contributed by atoms with van der Waals surface area (Å²) in [5.74, 6) is 0.106. The molecule has 23 heavy (non-hydrogen) atoms. The number of alkyl carbamates (subject to hydrolysis) is 1. The number of nitrogens with one attached hydrogen (secondary N) is 1. The minimum Gasteiger partial charge on any atom is -0.490 e. The second-order valence-corrected chi connectivity index (χ2v) is 6.49. The van der Waals surface area contributed by atoms with E-state index in [-0.39, 0.29) is 23.5 Å². The Balaban J connectivity index is 1.79. The van der Waals surface area contributed by atoms with Crippen LogP contribution in [0.25, 0.3) is 0 Å². The average Bonchev–Trinajstić information content (AvgIpc) is 2.33. The Labute approximate surface area is 132 Å². The Hall–Kier alpha value is -1.99. The summed E-state index contributed by atoms with van der Waals surface area (Å²) in [6.45, 7) is 5.51. The van der Waals surface area contributed by atoms with Gasteiger partial charge in [-0.05, 0) is 26.8 Å². The molecule has 1 saturated carbocycles. The number of rotatable bonds is 3. The number of alkyl halides is 3. The molecule has 0 spiro atoms. The fourth-order valence-corrected chi connectivity index (χ4v) is 2.03. The monoisotopic (exact) mass is 332 g/mol. The van der Waals surface area contributed by atoms with E-state index < -0.39 is 18.0 Å². The Morgan fingerprint density at radius 3 is 2.48 bits per heavy atom. The van der Waals surface area contributed by atoms with E-state index in [1.54, 1.807) is 0 Å².